The molecule has 1 fully saturated rings. The van der Waals surface area contributed by atoms with Crippen LogP contribution in [0, 0.1) is 17.8 Å². The minimum Gasteiger partial charge on any atom is -0.482 e. The molecule has 3 N–H and O–H groups in total. The summed E-state index contributed by atoms with van der Waals surface area (Å²) in [6.45, 7) is 1.74. The normalized spacial score (nSPS) is 23.7. The van der Waals surface area contributed by atoms with E-state index in [1.807, 2.05) is 12.1 Å². The van der Waals surface area contributed by atoms with E-state index in [0.29, 0.717) is 25.0 Å². The highest BCUT2D eigenvalue weighted by Crippen LogP contribution is 2.49. The second-order valence-electron chi connectivity index (χ2n) is 9.96. The Labute approximate surface area is 206 Å². The quantitative estimate of drug-likeness (QED) is 0.264. The zero-order valence-corrected chi connectivity index (χ0v) is 20.5. The molecule has 0 amide bonds. The molecule has 194 valence electrons. The topological polar surface area (TPSA) is 130 Å². The Hall–Kier alpha value is -2.61. The lowest BCUT2D eigenvalue weighted by atomic mass is 9.73. The van der Waals surface area contributed by atoms with Gasteiger partial charge in [0.25, 0.3) is 0 Å². The highest BCUT2D eigenvalue weighted by molar-refractivity contribution is 5.76. The molecule has 8 heteroatoms. The van der Waals surface area contributed by atoms with Crippen LogP contribution in [0.25, 0.3) is 0 Å². The first-order valence-electron chi connectivity index (χ1n) is 12.8. The van der Waals surface area contributed by atoms with Crippen molar-refractivity contribution in [3.05, 3.63) is 29.3 Å². The number of carboxylic acid groups (broad SMARTS) is 2. The summed E-state index contributed by atoms with van der Waals surface area (Å²) in [6.07, 6.45) is 6.43. The average Bonchev–Trinajstić information content (AvgIpc) is 3.14. The van der Waals surface area contributed by atoms with Gasteiger partial charge in [0.05, 0.1) is 18.9 Å². The molecule has 0 heterocycles. The number of hydrogen-bond acceptors (Lipinski definition) is 6. The van der Waals surface area contributed by atoms with Crippen molar-refractivity contribution in [3.8, 4) is 5.75 Å². The lowest BCUT2D eigenvalue weighted by molar-refractivity contribution is -0.154. The number of carbonyl (C=O) groups excluding carboxylic acids is 1. The van der Waals surface area contributed by atoms with Gasteiger partial charge >= 0.3 is 17.9 Å². The predicted octanol–water partition coefficient (Wildman–Crippen LogP) is 4.00. The number of ether oxygens (including phenoxy) is 2. The van der Waals surface area contributed by atoms with Crippen LogP contribution in [0.5, 0.6) is 5.75 Å². The van der Waals surface area contributed by atoms with Gasteiger partial charge in [-0.2, -0.15) is 0 Å². The van der Waals surface area contributed by atoms with Crippen LogP contribution in [0.4, 0.5) is 0 Å². The summed E-state index contributed by atoms with van der Waals surface area (Å²) >= 11 is 0. The fraction of sp³-hybridized carbons (Fsp3) is 0.667. The fourth-order valence-electron chi connectivity index (χ4n) is 5.78. The molecule has 0 radical (unpaired) electrons. The summed E-state index contributed by atoms with van der Waals surface area (Å²) in [5, 5.41) is 28.4. The van der Waals surface area contributed by atoms with Gasteiger partial charge in [-0.05, 0) is 73.5 Å². The number of fused-ring (bicyclic) bond motifs is 2. The number of unbranched alkanes of at least 4 members (excludes halogenated alkanes) is 2. The van der Waals surface area contributed by atoms with Crippen molar-refractivity contribution in [2.45, 2.75) is 89.8 Å². The maximum atomic E-state index is 12.4. The molecule has 1 aromatic rings. The van der Waals surface area contributed by atoms with E-state index in [-0.39, 0.29) is 42.8 Å². The summed E-state index contributed by atoms with van der Waals surface area (Å²) in [5.74, 6) is -1.35. The van der Waals surface area contributed by atoms with Crippen LogP contribution in [0.2, 0.25) is 0 Å². The first kappa shape index (κ1) is 27.0. The number of hydrogen-bond donors (Lipinski definition) is 3. The second-order valence-corrected chi connectivity index (χ2v) is 9.96. The summed E-state index contributed by atoms with van der Waals surface area (Å²) in [7, 11) is 0. The molecule has 2 aliphatic carbocycles. The van der Waals surface area contributed by atoms with E-state index < -0.39 is 24.5 Å². The first-order chi connectivity index (χ1) is 16.8. The first-order valence-corrected chi connectivity index (χ1v) is 12.8. The van der Waals surface area contributed by atoms with Crippen molar-refractivity contribution in [2.75, 3.05) is 6.61 Å². The molecule has 2 aliphatic rings. The molecule has 0 bridgehead atoms. The van der Waals surface area contributed by atoms with E-state index in [1.54, 1.807) is 6.07 Å². The Morgan fingerprint density at radius 2 is 1.86 bits per heavy atom. The lowest BCUT2D eigenvalue weighted by Crippen LogP contribution is -2.30. The highest BCUT2D eigenvalue weighted by atomic mass is 16.5. The van der Waals surface area contributed by atoms with Gasteiger partial charge in [-0.3, -0.25) is 9.59 Å². The maximum Gasteiger partial charge on any atom is 0.341 e. The SMILES string of the molecule is CCCCCC(O)CC[C@@H]1C2Cc3cccc(OCC(=O)O)c3CC2C[C@H]1OC(=O)CCC(=O)O. The average molecular weight is 491 g/mol. The minimum atomic E-state index is -1.03. The molecular weight excluding hydrogens is 452 g/mol. The third kappa shape index (κ3) is 7.69. The maximum absolute atomic E-state index is 12.4. The molecule has 0 aliphatic heterocycles. The van der Waals surface area contributed by atoms with E-state index in [4.69, 9.17) is 19.7 Å². The molecule has 1 aromatic carbocycles. The summed E-state index contributed by atoms with van der Waals surface area (Å²) in [5.41, 5.74) is 2.15. The van der Waals surface area contributed by atoms with Gasteiger partial charge in [0, 0.05) is 0 Å². The number of aliphatic hydroxyl groups is 1. The van der Waals surface area contributed by atoms with Crippen LogP contribution in [-0.4, -0.2) is 52.0 Å². The monoisotopic (exact) mass is 490 g/mol. The van der Waals surface area contributed by atoms with Crippen molar-refractivity contribution >= 4 is 17.9 Å². The zero-order chi connectivity index (χ0) is 25.4. The van der Waals surface area contributed by atoms with E-state index in [0.717, 1.165) is 49.7 Å². The molecule has 8 nitrogen and oxygen atoms in total. The standard InChI is InChI=1S/C27H38O8/c1-2-3-4-7-19(28)9-10-20-21-13-17-6-5-8-23(34-16-26(31)32)22(17)14-18(21)15-24(20)35-27(33)12-11-25(29)30/h5-6,8,18-21,24,28H,2-4,7,9-16H2,1H3,(H,29,30)(H,31,32)/t18?,19?,20-,21?,24-/m1/s1. The van der Waals surface area contributed by atoms with E-state index in [9.17, 15) is 19.5 Å². The van der Waals surface area contributed by atoms with Gasteiger partial charge in [0.1, 0.15) is 11.9 Å². The van der Waals surface area contributed by atoms with Crippen LogP contribution in [0.3, 0.4) is 0 Å². The number of aliphatic carboxylic acids is 2. The summed E-state index contributed by atoms with van der Waals surface area (Å²) in [6, 6.07) is 5.72. The molecule has 0 saturated heterocycles. The highest BCUT2D eigenvalue weighted by Gasteiger charge is 2.47. The smallest absolute Gasteiger partial charge is 0.341 e. The van der Waals surface area contributed by atoms with Gasteiger partial charge in [0.15, 0.2) is 6.61 Å². The van der Waals surface area contributed by atoms with Gasteiger partial charge in [-0.15, -0.1) is 0 Å². The molecule has 1 saturated carbocycles. The molecule has 35 heavy (non-hydrogen) atoms. The largest absolute Gasteiger partial charge is 0.482 e. The van der Waals surface area contributed by atoms with Crippen LogP contribution in [0.15, 0.2) is 18.2 Å². The second kappa shape index (κ2) is 12.9. The van der Waals surface area contributed by atoms with Crippen LogP contribution >= 0.6 is 0 Å². The number of carbonyl (C=O) groups is 3. The molecule has 3 rings (SSSR count). The fourth-order valence-corrected chi connectivity index (χ4v) is 5.78. The third-order valence-corrected chi connectivity index (χ3v) is 7.47. The molecule has 5 atom stereocenters. The van der Waals surface area contributed by atoms with Gasteiger partial charge in [-0.1, -0.05) is 38.3 Å². The lowest BCUT2D eigenvalue weighted by Gasteiger charge is -2.32. The van der Waals surface area contributed by atoms with Gasteiger partial charge in [0.2, 0.25) is 0 Å². The Bertz CT molecular complexity index is 882. The molecular formula is C27H38O8. The number of carboxylic acids is 2. The third-order valence-electron chi connectivity index (χ3n) is 7.47. The van der Waals surface area contributed by atoms with Crippen molar-refractivity contribution < 1.29 is 39.2 Å². The van der Waals surface area contributed by atoms with Crippen molar-refractivity contribution in [1.29, 1.82) is 0 Å². The van der Waals surface area contributed by atoms with Gasteiger partial charge < -0.3 is 24.8 Å². The van der Waals surface area contributed by atoms with E-state index >= 15 is 0 Å². The number of esters is 1. The Kier molecular flexibility index (Phi) is 9.95. The minimum absolute atomic E-state index is 0.0892. The van der Waals surface area contributed by atoms with Crippen LogP contribution in [-0.2, 0) is 32.0 Å². The summed E-state index contributed by atoms with van der Waals surface area (Å²) in [4.78, 5) is 34.2. The Balaban J connectivity index is 1.72. The number of aliphatic hydroxyl groups excluding tert-OH is 1. The predicted molar refractivity (Wildman–Crippen MR) is 128 cm³/mol. The zero-order valence-electron chi connectivity index (χ0n) is 20.5. The van der Waals surface area contributed by atoms with Crippen LogP contribution in [0.1, 0.15) is 75.8 Å². The number of benzene rings is 1. The van der Waals surface area contributed by atoms with Gasteiger partial charge in [-0.25, -0.2) is 4.79 Å². The molecule has 0 aromatic heterocycles. The van der Waals surface area contributed by atoms with E-state index in [1.165, 1.54) is 0 Å². The summed E-state index contributed by atoms with van der Waals surface area (Å²) < 4.78 is 11.4. The number of rotatable bonds is 14. The van der Waals surface area contributed by atoms with Crippen LogP contribution < -0.4 is 4.74 Å². The molecule has 0 spiro atoms. The Morgan fingerprint density at radius 1 is 1.06 bits per heavy atom. The van der Waals surface area contributed by atoms with Crippen molar-refractivity contribution in [3.63, 3.8) is 0 Å². The van der Waals surface area contributed by atoms with E-state index in [2.05, 4.69) is 6.92 Å². The van der Waals surface area contributed by atoms with Crippen molar-refractivity contribution in [2.24, 2.45) is 17.8 Å². The molecule has 3 unspecified atom stereocenters. The van der Waals surface area contributed by atoms with Crippen molar-refractivity contribution in [1.82, 2.24) is 0 Å². The Morgan fingerprint density at radius 3 is 2.57 bits per heavy atom.